The van der Waals surface area contributed by atoms with Gasteiger partial charge in [0.1, 0.15) is 16.7 Å². The molecule has 0 fully saturated rings. The number of carbonyl (C=O) groups is 2. The predicted octanol–water partition coefficient (Wildman–Crippen LogP) is 3.58. The number of amides is 2. The van der Waals surface area contributed by atoms with Crippen molar-refractivity contribution in [3.05, 3.63) is 82.3 Å². The Labute approximate surface area is 171 Å². The van der Waals surface area contributed by atoms with Crippen molar-refractivity contribution in [3.8, 4) is 17.0 Å². The average Bonchev–Trinajstić information content (AvgIpc) is 2.72. The van der Waals surface area contributed by atoms with Crippen LogP contribution in [0.5, 0.6) is 5.75 Å². The summed E-state index contributed by atoms with van der Waals surface area (Å²) in [5, 5.41) is 2.96. The molecule has 3 N–H and O–H groups in total. The van der Waals surface area contributed by atoms with E-state index in [2.05, 4.69) is 10.3 Å². The number of methoxy groups -OCH3 is 1. The quantitative estimate of drug-likeness (QED) is 0.604. The third kappa shape index (κ3) is 4.70. The summed E-state index contributed by atoms with van der Waals surface area (Å²) in [6, 6.07) is 13.8. The van der Waals surface area contributed by atoms with Gasteiger partial charge in [0.05, 0.1) is 23.9 Å². The minimum Gasteiger partial charge on any atom is -0.496 e. The van der Waals surface area contributed by atoms with Crippen LogP contribution in [0, 0.1) is 5.82 Å². The van der Waals surface area contributed by atoms with E-state index in [1.54, 1.807) is 24.3 Å². The summed E-state index contributed by atoms with van der Waals surface area (Å²) in [7, 11) is 1.41. The fourth-order valence-electron chi connectivity index (χ4n) is 2.77. The van der Waals surface area contributed by atoms with Gasteiger partial charge in [0, 0.05) is 12.1 Å². The largest absolute Gasteiger partial charge is 0.496 e. The lowest BCUT2D eigenvalue weighted by Gasteiger charge is -2.10. The fourth-order valence-corrected chi connectivity index (χ4v) is 2.92. The molecule has 0 aliphatic heterocycles. The van der Waals surface area contributed by atoms with E-state index < -0.39 is 17.6 Å². The molecule has 0 radical (unpaired) electrons. The van der Waals surface area contributed by atoms with Crippen LogP contribution in [0.15, 0.2) is 54.6 Å². The van der Waals surface area contributed by atoms with Crippen molar-refractivity contribution in [2.45, 2.75) is 6.54 Å². The van der Waals surface area contributed by atoms with E-state index in [-0.39, 0.29) is 28.6 Å². The van der Waals surface area contributed by atoms with Gasteiger partial charge in [-0.3, -0.25) is 9.59 Å². The molecule has 0 saturated carbocycles. The van der Waals surface area contributed by atoms with Gasteiger partial charge in [0.2, 0.25) is 0 Å². The van der Waals surface area contributed by atoms with Gasteiger partial charge in [-0.05, 0) is 35.9 Å². The van der Waals surface area contributed by atoms with Gasteiger partial charge >= 0.3 is 0 Å². The van der Waals surface area contributed by atoms with Gasteiger partial charge in [-0.15, -0.1) is 0 Å². The number of pyridine rings is 1. The van der Waals surface area contributed by atoms with Crippen LogP contribution < -0.4 is 15.8 Å². The number of primary amides is 1. The van der Waals surface area contributed by atoms with E-state index in [4.69, 9.17) is 22.1 Å². The first-order valence-electron chi connectivity index (χ1n) is 8.56. The summed E-state index contributed by atoms with van der Waals surface area (Å²) in [6.45, 7) is 0.213. The Bertz CT molecular complexity index is 1070. The minimum atomic E-state index is -0.607. The van der Waals surface area contributed by atoms with E-state index in [1.165, 1.54) is 31.4 Å². The first kappa shape index (κ1) is 20.3. The highest BCUT2D eigenvalue weighted by Crippen LogP contribution is 2.24. The van der Waals surface area contributed by atoms with Crippen molar-refractivity contribution < 1.29 is 18.7 Å². The van der Waals surface area contributed by atoms with E-state index in [0.717, 1.165) is 11.6 Å². The lowest BCUT2D eigenvalue weighted by molar-refractivity contribution is 0.0946. The number of nitrogens with one attached hydrogen (secondary N) is 1. The first-order chi connectivity index (χ1) is 13.9. The number of benzene rings is 2. The molecular weight excluding hydrogens is 397 g/mol. The van der Waals surface area contributed by atoms with Crippen molar-refractivity contribution in [2.24, 2.45) is 5.73 Å². The summed E-state index contributed by atoms with van der Waals surface area (Å²) in [5.41, 5.74) is 7.59. The molecular formula is C21H17ClFN3O3. The number of halogens is 2. The number of aromatic nitrogens is 1. The Morgan fingerprint density at radius 2 is 1.83 bits per heavy atom. The Morgan fingerprint density at radius 3 is 2.48 bits per heavy atom. The molecule has 2 aromatic carbocycles. The zero-order valence-corrected chi connectivity index (χ0v) is 16.2. The standard InChI is InChI=1S/C21H17ClFN3O3/c1-29-17-8-6-14(23)10-16(17)21(28)25-11-12-2-4-13(5-3-12)19-15(20(24)27)7-9-18(22)26-19/h2-10H,11H2,1H3,(H2,24,27)(H,25,28). The average molecular weight is 414 g/mol. The summed E-state index contributed by atoms with van der Waals surface area (Å²) in [4.78, 5) is 28.2. The van der Waals surface area contributed by atoms with Crippen molar-refractivity contribution in [1.29, 1.82) is 0 Å². The third-order valence-corrected chi connectivity index (χ3v) is 4.42. The maximum absolute atomic E-state index is 13.4. The zero-order chi connectivity index (χ0) is 21.0. The Hall–Kier alpha value is -3.45. The number of hydrogen-bond acceptors (Lipinski definition) is 4. The van der Waals surface area contributed by atoms with Gasteiger partial charge < -0.3 is 15.8 Å². The highest BCUT2D eigenvalue weighted by atomic mass is 35.5. The highest BCUT2D eigenvalue weighted by molar-refractivity contribution is 6.29. The molecule has 0 spiro atoms. The molecule has 0 unspecified atom stereocenters. The summed E-state index contributed by atoms with van der Waals surface area (Å²) >= 11 is 5.93. The maximum atomic E-state index is 13.4. The predicted molar refractivity (Wildman–Crippen MR) is 107 cm³/mol. The van der Waals surface area contributed by atoms with Gasteiger partial charge in [-0.2, -0.15) is 0 Å². The molecule has 0 bridgehead atoms. The fraction of sp³-hybridized carbons (Fsp3) is 0.0952. The normalized spacial score (nSPS) is 10.4. The van der Waals surface area contributed by atoms with Crippen molar-refractivity contribution in [1.82, 2.24) is 10.3 Å². The second-order valence-electron chi connectivity index (χ2n) is 6.12. The van der Waals surface area contributed by atoms with E-state index in [0.29, 0.717) is 11.3 Å². The van der Waals surface area contributed by atoms with Crippen LogP contribution in [-0.2, 0) is 6.54 Å². The summed E-state index contributed by atoms with van der Waals surface area (Å²) in [5.74, 6) is -1.31. The topological polar surface area (TPSA) is 94.3 Å². The number of hydrogen-bond donors (Lipinski definition) is 2. The Balaban J connectivity index is 1.76. The van der Waals surface area contributed by atoms with Gasteiger partial charge in [-0.1, -0.05) is 35.9 Å². The molecule has 148 valence electrons. The van der Waals surface area contributed by atoms with Crippen LogP contribution in [0.4, 0.5) is 4.39 Å². The van der Waals surface area contributed by atoms with Crippen LogP contribution in [-0.4, -0.2) is 23.9 Å². The molecule has 3 aromatic rings. The molecule has 1 heterocycles. The molecule has 6 nitrogen and oxygen atoms in total. The lowest BCUT2D eigenvalue weighted by atomic mass is 10.0. The molecule has 0 aliphatic carbocycles. The summed E-state index contributed by atoms with van der Waals surface area (Å²) in [6.07, 6.45) is 0. The van der Waals surface area contributed by atoms with Crippen LogP contribution in [0.2, 0.25) is 5.15 Å². The smallest absolute Gasteiger partial charge is 0.255 e. The van der Waals surface area contributed by atoms with Crippen molar-refractivity contribution in [3.63, 3.8) is 0 Å². The Morgan fingerprint density at radius 1 is 1.10 bits per heavy atom. The number of ether oxygens (including phenoxy) is 1. The molecule has 8 heteroatoms. The van der Waals surface area contributed by atoms with Crippen molar-refractivity contribution >= 4 is 23.4 Å². The highest BCUT2D eigenvalue weighted by Gasteiger charge is 2.14. The number of nitrogens with two attached hydrogens (primary N) is 1. The minimum absolute atomic E-state index is 0.110. The van der Waals surface area contributed by atoms with Crippen LogP contribution in [0.3, 0.4) is 0 Å². The third-order valence-electron chi connectivity index (χ3n) is 4.21. The van der Waals surface area contributed by atoms with Crippen LogP contribution >= 0.6 is 11.6 Å². The molecule has 0 atom stereocenters. The molecule has 0 saturated heterocycles. The van der Waals surface area contributed by atoms with Crippen LogP contribution in [0.25, 0.3) is 11.3 Å². The monoisotopic (exact) mass is 413 g/mol. The number of nitrogens with zero attached hydrogens (tertiary/aromatic N) is 1. The molecule has 1 aromatic heterocycles. The maximum Gasteiger partial charge on any atom is 0.255 e. The number of carbonyl (C=O) groups excluding carboxylic acids is 2. The SMILES string of the molecule is COc1ccc(F)cc1C(=O)NCc1ccc(-c2nc(Cl)ccc2C(N)=O)cc1. The van der Waals surface area contributed by atoms with E-state index in [9.17, 15) is 14.0 Å². The van der Waals surface area contributed by atoms with Gasteiger partial charge in [0.25, 0.3) is 11.8 Å². The van der Waals surface area contributed by atoms with Gasteiger partial charge in [-0.25, -0.2) is 9.37 Å². The number of rotatable bonds is 6. The molecule has 3 rings (SSSR count). The summed E-state index contributed by atoms with van der Waals surface area (Å²) < 4.78 is 18.5. The van der Waals surface area contributed by atoms with Gasteiger partial charge in [0.15, 0.2) is 0 Å². The lowest BCUT2D eigenvalue weighted by Crippen LogP contribution is -2.23. The Kier molecular flexibility index (Phi) is 6.09. The molecule has 0 aliphatic rings. The second-order valence-corrected chi connectivity index (χ2v) is 6.51. The zero-order valence-electron chi connectivity index (χ0n) is 15.4. The molecule has 2 amide bonds. The second kappa shape index (κ2) is 8.70. The molecule has 29 heavy (non-hydrogen) atoms. The van der Waals surface area contributed by atoms with E-state index in [1.807, 2.05) is 0 Å². The van der Waals surface area contributed by atoms with Crippen LogP contribution in [0.1, 0.15) is 26.3 Å². The van der Waals surface area contributed by atoms with Crippen molar-refractivity contribution in [2.75, 3.05) is 7.11 Å². The van der Waals surface area contributed by atoms with E-state index >= 15 is 0 Å². The first-order valence-corrected chi connectivity index (χ1v) is 8.94.